The Kier molecular flexibility index (Phi) is 6.36. The predicted octanol–water partition coefficient (Wildman–Crippen LogP) is 4.79. The van der Waals surface area contributed by atoms with Crippen LogP contribution in [0.4, 0.5) is 26.3 Å². The van der Waals surface area contributed by atoms with Gasteiger partial charge in [-0.1, -0.05) is 12.1 Å². The van der Waals surface area contributed by atoms with E-state index in [-0.39, 0.29) is 47.8 Å². The summed E-state index contributed by atoms with van der Waals surface area (Å²) in [5, 5.41) is 3.89. The van der Waals surface area contributed by atoms with Gasteiger partial charge in [-0.2, -0.15) is 18.3 Å². The van der Waals surface area contributed by atoms with E-state index < -0.39 is 35.2 Å². The lowest BCUT2D eigenvalue weighted by atomic mass is 10.1. The van der Waals surface area contributed by atoms with Crippen molar-refractivity contribution in [2.45, 2.75) is 12.7 Å². The highest BCUT2D eigenvalue weighted by Gasteiger charge is 2.36. The number of benzene rings is 2. The SMILES string of the molecule is O=C(c1cc2nc(-c3ccc(F)cc3)cc(C(F)(F)F)n2n1)N1CCN(Cc2cccc(F)c2F)CC1. The Hall–Kier alpha value is -3.93. The molecule has 5 rings (SSSR count). The minimum absolute atomic E-state index is 0.0445. The summed E-state index contributed by atoms with van der Waals surface area (Å²) < 4.78 is 82.7. The van der Waals surface area contributed by atoms with Crippen LogP contribution in [0.2, 0.25) is 0 Å². The summed E-state index contributed by atoms with van der Waals surface area (Å²) in [6, 6.07) is 10.8. The molecule has 12 heteroatoms. The van der Waals surface area contributed by atoms with E-state index in [1.807, 2.05) is 4.90 Å². The van der Waals surface area contributed by atoms with Crippen molar-refractivity contribution >= 4 is 11.6 Å². The van der Waals surface area contributed by atoms with Gasteiger partial charge < -0.3 is 4.90 Å². The highest BCUT2D eigenvalue weighted by molar-refractivity contribution is 5.93. The maximum atomic E-state index is 14.0. The van der Waals surface area contributed by atoms with E-state index in [2.05, 4.69) is 10.1 Å². The number of piperazine rings is 1. The molecule has 1 aliphatic heterocycles. The van der Waals surface area contributed by atoms with Crippen molar-refractivity contribution in [2.24, 2.45) is 0 Å². The number of fused-ring (bicyclic) bond motifs is 1. The second-order valence-corrected chi connectivity index (χ2v) is 8.61. The van der Waals surface area contributed by atoms with E-state index in [1.165, 1.54) is 35.2 Å². The average Bonchev–Trinajstić information content (AvgIpc) is 3.30. The second kappa shape index (κ2) is 9.51. The largest absolute Gasteiger partial charge is 0.433 e. The van der Waals surface area contributed by atoms with Crippen molar-refractivity contribution in [3.8, 4) is 11.3 Å². The fourth-order valence-corrected chi connectivity index (χ4v) is 4.23. The quantitative estimate of drug-likeness (QED) is 0.364. The molecular formula is C25H19F6N5O. The number of alkyl halides is 3. The smallest absolute Gasteiger partial charge is 0.335 e. The number of rotatable bonds is 4. The van der Waals surface area contributed by atoms with Crippen molar-refractivity contribution in [3.05, 3.63) is 89.0 Å². The van der Waals surface area contributed by atoms with Gasteiger partial charge in [0.2, 0.25) is 0 Å². The number of nitrogens with zero attached hydrogens (tertiary/aromatic N) is 5. The minimum atomic E-state index is -4.79. The van der Waals surface area contributed by atoms with Crippen molar-refractivity contribution in [3.63, 3.8) is 0 Å². The van der Waals surface area contributed by atoms with Crippen molar-refractivity contribution in [2.75, 3.05) is 26.2 Å². The maximum Gasteiger partial charge on any atom is 0.433 e. The summed E-state index contributed by atoms with van der Waals surface area (Å²) in [4.78, 5) is 20.6. The Morgan fingerprint density at radius 1 is 0.919 bits per heavy atom. The summed E-state index contributed by atoms with van der Waals surface area (Å²) in [6.45, 7) is 1.32. The van der Waals surface area contributed by atoms with Gasteiger partial charge in [0.15, 0.2) is 28.7 Å². The number of hydrogen-bond acceptors (Lipinski definition) is 4. The van der Waals surface area contributed by atoms with Crippen molar-refractivity contribution in [1.29, 1.82) is 0 Å². The molecule has 2 aromatic heterocycles. The highest BCUT2D eigenvalue weighted by Crippen LogP contribution is 2.32. The molecule has 1 amide bonds. The third-order valence-electron chi connectivity index (χ3n) is 6.16. The lowest BCUT2D eigenvalue weighted by molar-refractivity contribution is -0.142. The normalized spacial score (nSPS) is 14.9. The average molecular weight is 519 g/mol. The first-order chi connectivity index (χ1) is 17.6. The summed E-state index contributed by atoms with van der Waals surface area (Å²) in [6.07, 6.45) is -4.79. The third-order valence-corrected chi connectivity index (χ3v) is 6.16. The van der Waals surface area contributed by atoms with Crippen LogP contribution in [0.5, 0.6) is 0 Å². The van der Waals surface area contributed by atoms with Crippen molar-refractivity contribution in [1.82, 2.24) is 24.4 Å². The Morgan fingerprint density at radius 2 is 1.62 bits per heavy atom. The molecule has 1 aliphatic rings. The Bertz CT molecular complexity index is 1460. The lowest BCUT2D eigenvalue weighted by Gasteiger charge is -2.34. The van der Waals surface area contributed by atoms with Gasteiger partial charge in [-0.15, -0.1) is 0 Å². The molecule has 1 fully saturated rings. The molecule has 0 aliphatic carbocycles. The zero-order chi connectivity index (χ0) is 26.3. The van der Waals surface area contributed by atoms with Gasteiger partial charge in [0.05, 0.1) is 5.69 Å². The van der Waals surface area contributed by atoms with Gasteiger partial charge in [0, 0.05) is 49.9 Å². The van der Waals surface area contributed by atoms with E-state index in [0.29, 0.717) is 17.6 Å². The van der Waals surface area contributed by atoms with Gasteiger partial charge >= 0.3 is 6.18 Å². The minimum Gasteiger partial charge on any atom is -0.335 e. The first-order valence-corrected chi connectivity index (χ1v) is 11.3. The molecule has 1 saturated heterocycles. The third kappa shape index (κ3) is 5.01. The number of hydrogen-bond donors (Lipinski definition) is 0. The van der Waals surface area contributed by atoms with Crippen LogP contribution in [0, 0.1) is 17.5 Å². The number of aromatic nitrogens is 3. The van der Waals surface area contributed by atoms with Gasteiger partial charge in [0.1, 0.15) is 5.82 Å². The predicted molar refractivity (Wildman–Crippen MR) is 121 cm³/mol. The zero-order valence-corrected chi connectivity index (χ0v) is 19.1. The van der Waals surface area contributed by atoms with Crippen LogP contribution in [0.3, 0.4) is 0 Å². The summed E-state index contributed by atoms with van der Waals surface area (Å²) in [7, 11) is 0. The standard InChI is InChI=1S/C25H19F6N5O/c26-17-6-4-15(5-7-17)19-12-21(25(29,30)31)36-22(32-19)13-20(33-36)24(37)35-10-8-34(9-11-35)14-16-2-1-3-18(27)23(16)28/h1-7,12-13H,8-11,14H2. The molecular weight excluding hydrogens is 500 g/mol. The lowest BCUT2D eigenvalue weighted by Crippen LogP contribution is -2.48. The molecule has 3 heterocycles. The van der Waals surface area contributed by atoms with Crippen LogP contribution in [0.25, 0.3) is 16.9 Å². The van der Waals surface area contributed by atoms with Gasteiger partial charge in [-0.05, 0) is 36.4 Å². The highest BCUT2D eigenvalue weighted by atomic mass is 19.4. The molecule has 0 unspecified atom stereocenters. The maximum absolute atomic E-state index is 14.0. The molecule has 6 nitrogen and oxygen atoms in total. The van der Waals surface area contributed by atoms with Crippen LogP contribution in [0.1, 0.15) is 21.7 Å². The first-order valence-electron chi connectivity index (χ1n) is 11.3. The topological polar surface area (TPSA) is 53.7 Å². The first kappa shape index (κ1) is 24.8. The van der Waals surface area contributed by atoms with Gasteiger partial charge in [-0.3, -0.25) is 9.69 Å². The fourth-order valence-electron chi connectivity index (χ4n) is 4.23. The monoisotopic (exact) mass is 519 g/mol. The Morgan fingerprint density at radius 3 is 2.30 bits per heavy atom. The molecule has 0 bridgehead atoms. The summed E-state index contributed by atoms with van der Waals surface area (Å²) in [5.74, 6) is -2.97. The van der Waals surface area contributed by atoms with Crippen molar-refractivity contribution < 1.29 is 31.1 Å². The Balaban J connectivity index is 1.37. The van der Waals surface area contributed by atoms with Gasteiger partial charge in [-0.25, -0.2) is 22.7 Å². The van der Waals surface area contributed by atoms with Crippen LogP contribution in [-0.2, 0) is 12.7 Å². The zero-order valence-electron chi connectivity index (χ0n) is 19.1. The molecule has 37 heavy (non-hydrogen) atoms. The summed E-state index contributed by atoms with van der Waals surface area (Å²) in [5.41, 5.74) is -1.09. The van der Waals surface area contributed by atoms with E-state index in [4.69, 9.17) is 0 Å². The molecule has 0 spiro atoms. The van der Waals surface area contributed by atoms with E-state index in [1.54, 1.807) is 0 Å². The molecule has 0 saturated carbocycles. The fraction of sp³-hybridized carbons (Fsp3) is 0.240. The second-order valence-electron chi connectivity index (χ2n) is 8.61. The van der Waals surface area contributed by atoms with E-state index in [9.17, 15) is 31.1 Å². The van der Waals surface area contributed by atoms with Crippen LogP contribution in [-0.4, -0.2) is 56.5 Å². The molecule has 4 aromatic rings. The number of halogens is 6. The van der Waals surface area contributed by atoms with E-state index >= 15 is 0 Å². The molecule has 192 valence electrons. The van der Waals surface area contributed by atoms with E-state index in [0.717, 1.165) is 24.3 Å². The molecule has 0 radical (unpaired) electrons. The molecule has 0 atom stereocenters. The number of amides is 1. The Labute approximate surface area is 206 Å². The van der Waals surface area contributed by atoms with Crippen LogP contribution < -0.4 is 0 Å². The van der Waals surface area contributed by atoms with Crippen LogP contribution in [0.15, 0.2) is 54.6 Å². The number of carbonyl (C=O) groups excluding carboxylic acids is 1. The molecule has 0 N–H and O–H groups in total. The van der Waals surface area contributed by atoms with Crippen LogP contribution >= 0.6 is 0 Å². The molecule has 2 aromatic carbocycles. The van der Waals surface area contributed by atoms with Gasteiger partial charge in [0.25, 0.3) is 5.91 Å². The summed E-state index contributed by atoms with van der Waals surface area (Å²) >= 11 is 0. The number of carbonyl (C=O) groups is 1.